The van der Waals surface area contributed by atoms with E-state index in [0.717, 1.165) is 49.7 Å². The topological polar surface area (TPSA) is 123 Å². The van der Waals surface area contributed by atoms with Gasteiger partial charge in [0.2, 0.25) is 5.91 Å². The van der Waals surface area contributed by atoms with Gasteiger partial charge in [-0.15, -0.1) is 0 Å². The maximum Gasteiger partial charge on any atom is 0.488 e. The standard InChI is InChI=1S/C39H48BN3O6/c1-4-5-8-23-15-22(12-13-29(23)40(47)48)16-27-34-36(31-11-7-14-43(31)38(27)46)49-39(2,37(34)45)19-32(44)26-18-25-17-24-9-6-10-30-33(24)28(20-41-30)35(25)42(3)21-26/h6,9-10,12-13,15,20,25-27,31,34-36,41,47-48H,4-5,7-8,11,14,16-19,21H2,1-3H3. The SMILES string of the molecule is CCCCc1cc(CC2C(=O)N3CCCC3C3OC(C)(CC(=O)C4CC5Cc6cccc7[nH]cc(c67)C5N(C)C4)C(=O)C23)ccc1B(O)O. The summed E-state index contributed by atoms with van der Waals surface area (Å²) < 4.78 is 6.74. The first kappa shape index (κ1) is 32.9. The second-order valence-electron chi connectivity index (χ2n) is 15.8. The number of aromatic nitrogens is 1. The summed E-state index contributed by atoms with van der Waals surface area (Å²) in [5, 5.41) is 21.3. The molecule has 258 valence electrons. The van der Waals surface area contributed by atoms with Gasteiger partial charge in [0.1, 0.15) is 11.4 Å². The number of aryl methyl sites for hydroxylation is 1. The molecule has 49 heavy (non-hydrogen) atoms. The largest absolute Gasteiger partial charge is 0.488 e. The predicted molar refractivity (Wildman–Crippen MR) is 187 cm³/mol. The van der Waals surface area contributed by atoms with Gasteiger partial charge in [-0.1, -0.05) is 43.7 Å². The first-order valence-corrected chi connectivity index (χ1v) is 18.4. The number of nitrogens with one attached hydrogen (secondary N) is 1. The third kappa shape index (κ3) is 5.41. The monoisotopic (exact) mass is 665 g/mol. The van der Waals surface area contributed by atoms with E-state index >= 15 is 0 Å². The summed E-state index contributed by atoms with van der Waals surface area (Å²) >= 11 is 0. The maximum atomic E-state index is 14.5. The number of benzene rings is 2. The molecule has 2 aromatic carbocycles. The van der Waals surface area contributed by atoms with E-state index in [1.54, 1.807) is 13.0 Å². The average Bonchev–Trinajstić information content (AvgIpc) is 3.80. The van der Waals surface area contributed by atoms with Crippen LogP contribution in [0.15, 0.2) is 42.6 Å². The van der Waals surface area contributed by atoms with Crippen molar-refractivity contribution >= 4 is 41.0 Å². The Hall–Kier alpha value is -3.31. The lowest BCUT2D eigenvalue weighted by Gasteiger charge is -2.45. The number of carbonyl (C=O) groups is 3. The quantitative estimate of drug-likeness (QED) is 0.299. The molecule has 8 unspecified atom stereocenters. The van der Waals surface area contributed by atoms with Gasteiger partial charge >= 0.3 is 7.12 Å². The lowest BCUT2D eigenvalue weighted by molar-refractivity contribution is -0.154. The molecule has 8 rings (SSSR count). The minimum atomic E-state index is -1.57. The zero-order valence-electron chi connectivity index (χ0n) is 28.9. The van der Waals surface area contributed by atoms with Gasteiger partial charge in [0.05, 0.1) is 24.0 Å². The van der Waals surface area contributed by atoms with Crippen LogP contribution in [0.3, 0.4) is 0 Å². The fraction of sp³-hybridized carbons (Fsp3) is 0.564. The number of piperidine rings is 2. The Labute approximate surface area is 288 Å². The molecule has 10 heteroatoms. The van der Waals surface area contributed by atoms with Gasteiger partial charge in [-0.25, -0.2) is 0 Å². The Morgan fingerprint density at radius 1 is 1.18 bits per heavy atom. The van der Waals surface area contributed by atoms with Crippen molar-refractivity contribution in [2.24, 2.45) is 23.7 Å². The molecule has 0 saturated carbocycles. The number of nitrogens with zero attached hydrogens (tertiary/aromatic N) is 2. The lowest BCUT2D eigenvalue weighted by atomic mass is 9.70. The molecule has 1 amide bonds. The lowest BCUT2D eigenvalue weighted by Crippen LogP contribution is -2.57. The van der Waals surface area contributed by atoms with Crippen LogP contribution in [-0.2, 0) is 38.4 Å². The fourth-order valence-electron chi connectivity index (χ4n) is 10.4. The van der Waals surface area contributed by atoms with Crippen LogP contribution in [0.25, 0.3) is 10.9 Å². The summed E-state index contributed by atoms with van der Waals surface area (Å²) in [4.78, 5) is 50.5. The van der Waals surface area contributed by atoms with Crippen molar-refractivity contribution in [2.75, 3.05) is 20.1 Å². The van der Waals surface area contributed by atoms with E-state index in [-0.39, 0.29) is 41.9 Å². The Balaban J connectivity index is 1.03. The Morgan fingerprint density at radius 3 is 2.82 bits per heavy atom. The molecule has 3 N–H and O–H groups in total. The van der Waals surface area contributed by atoms with Gasteiger partial charge in [0, 0.05) is 48.6 Å². The van der Waals surface area contributed by atoms with E-state index in [1.807, 2.05) is 17.0 Å². The highest BCUT2D eigenvalue weighted by Gasteiger charge is 2.63. The molecule has 8 atom stereocenters. The fourth-order valence-corrected chi connectivity index (χ4v) is 10.4. The van der Waals surface area contributed by atoms with Crippen LogP contribution in [-0.4, -0.2) is 87.3 Å². The van der Waals surface area contributed by atoms with Crippen LogP contribution in [0.5, 0.6) is 0 Å². The van der Waals surface area contributed by atoms with E-state index in [9.17, 15) is 24.4 Å². The number of H-pyrrole nitrogens is 1. The second kappa shape index (κ2) is 12.5. The van der Waals surface area contributed by atoms with E-state index in [4.69, 9.17) is 4.74 Å². The van der Waals surface area contributed by atoms with Crippen LogP contribution >= 0.6 is 0 Å². The number of hydrogen-bond acceptors (Lipinski definition) is 7. The number of hydrogen-bond donors (Lipinski definition) is 3. The zero-order chi connectivity index (χ0) is 34.2. The van der Waals surface area contributed by atoms with Crippen molar-refractivity contribution in [1.82, 2.24) is 14.8 Å². The molecule has 1 aromatic heterocycles. The van der Waals surface area contributed by atoms with Crippen LogP contribution < -0.4 is 5.46 Å². The molecule has 4 aliphatic heterocycles. The third-order valence-electron chi connectivity index (χ3n) is 12.6. The van der Waals surface area contributed by atoms with Crippen LogP contribution in [0.2, 0.25) is 0 Å². The highest BCUT2D eigenvalue weighted by atomic mass is 16.5. The van der Waals surface area contributed by atoms with Crippen molar-refractivity contribution < 1.29 is 29.2 Å². The summed E-state index contributed by atoms with van der Waals surface area (Å²) in [6, 6.07) is 12.1. The molecular weight excluding hydrogens is 617 g/mol. The van der Waals surface area contributed by atoms with Crippen LogP contribution in [0, 0.1) is 23.7 Å². The molecule has 4 fully saturated rings. The summed E-state index contributed by atoms with van der Waals surface area (Å²) in [6.07, 6.45) is 8.06. The third-order valence-corrected chi connectivity index (χ3v) is 12.6. The molecule has 0 bridgehead atoms. The number of Topliss-reactive ketones (excluding diaryl/α,β-unsaturated/α-hetero) is 2. The average molecular weight is 666 g/mol. The molecule has 0 spiro atoms. The summed E-state index contributed by atoms with van der Waals surface area (Å²) in [6.45, 7) is 5.18. The highest BCUT2D eigenvalue weighted by molar-refractivity contribution is 6.59. The van der Waals surface area contributed by atoms with Crippen molar-refractivity contribution in [3.05, 3.63) is 64.8 Å². The zero-order valence-corrected chi connectivity index (χ0v) is 28.9. The molecule has 9 nitrogen and oxygen atoms in total. The molecule has 4 saturated heterocycles. The Bertz CT molecular complexity index is 1810. The predicted octanol–water partition coefficient (Wildman–Crippen LogP) is 3.52. The number of carbonyl (C=O) groups excluding carboxylic acids is 3. The minimum Gasteiger partial charge on any atom is -0.423 e. The number of amides is 1. The van der Waals surface area contributed by atoms with Crippen LogP contribution in [0.4, 0.5) is 0 Å². The number of unbranched alkanes of at least 4 members (excludes halogenated alkanes) is 1. The first-order chi connectivity index (χ1) is 23.6. The van der Waals surface area contributed by atoms with Crippen molar-refractivity contribution in [3.63, 3.8) is 0 Å². The normalized spacial score (nSPS) is 32.3. The van der Waals surface area contributed by atoms with Crippen molar-refractivity contribution in [3.8, 4) is 0 Å². The Kier molecular flexibility index (Phi) is 8.37. The van der Waals surface area contributed by atoms with E-state index in [2.05, 4.69) is 48.3 Å². The number of ketones is 2. The van der Waals surface area contributed by atoms with Gasteiger partial charge in [-0.3, -0.25) is 19.3 Å². The summed E-state index contributed by atoms with van der Waals surface area (Å²) in [5.74, 6) is -1.13. The number of rotatable bonds is 9. The van der Waals surface area contributed by atoms with Crippen molar-refractivity contribution in [2.45, 2.75) is 95.4 Å². The van der Waals surface area contributed by atoms with E-state index < -0.39 is 30.7 Å². The maximum absolute atomic E-state index is 14.5. The molecule has 1 aliphatic carbocycles. The Morgan fingerprint density at radius 2 is 2.02 bits per heavy atom. The van der Waals surface area contributed by atoms with Crippen molar-refractivity contribution in [1.29, 1.82) is 0 Å². The minimum absolute atomic E-state index is 0.00551. The van der Waals surface area contributed by atoms with Gasteiger partial charge in [-0.05, 0) is 98.6 Å². The second-order valence-corrected chi connectivity index (χ2v) is 15.8. The van der Waals surface area contributed by atoms with Gasteiger partial charge in [-0.2, -0.15) is 0 Å². The molecule has 0 radical (unpaired) electrons. The molecule has 5 heterocycles. The number of ether oxygens (including phenoxy) is 1. The molecular formula is C39H48BN3O6. The number of fused-ring (bicyclic) bond motifs is 5. The van der Waals surface area contributed by atoms with Gasteiger partial charge in [0.25, 0.3) is 0 Å². The summed E-state index contributed by atoms with van der Waals surface area (Å²) in [5.41, 5.74) is 4.78. The van der Waals surface area contributed by atoms with E-state index in [1.165, 1.54) is 22.0 Å². The highest BCUT2D eigenvalue weighted by Crippen LogP contribution is 2.50. The van der Waals surface area contributed by atoms with Crippen LogP contribution in [0.1, 0.15) is 80.7 Å². The van der Waals surface area contributed by atoms with Gasteiger partial charge < -0.3 is 24.7 Å². The first-order valence-electron chi connectivity index (χ1n) is 18.4. The molecule has 5 aliphatic rings. The number of aromatic amines is 1. The van der Waals surface area contributed by atoms with Gasteiger partial charge in [0.15, 0.2) is 5.78 Å². The van der Waals surface area contributed by atoms with E-state index in [0.29, 0.717) is 37.3 Å². The molecule has 3 aromatic rings. The smallest absolute Gasteiger partial charge is 0.423 e. The summed E-state index contributed by atoms with van der Waals surface area (Å²) in [7, 11) is 0.549. The number of likely N-dealkylation sites (tertiary alicyclic amines) is 1.